The highest BCUT2D eigenvalue weighted by Crippen LogP contribution is 2.43. The Morgan fingerprint density at radius 3 is 1.92 bits per heavy atom. The molecule has 6 heteroatoms. The third kappa shape index (κ3) is 8.90. The molecule has 5 rings (SSSR count). The van der Waals surface area contributed by atoms with E-state index in [9.17, 15) is 19.8 Å². The number of aromatic carboxylic acids is 1. The van der Waals surface area contributed by atoms with Gasteiger partial charge in [0, 0.05) is 53.2 Å². The summed E-state index contributed by atoms with van der Waals surface area (Å²) in [5, 5.41) is 23.1. The number of unbranched alkanes of at least 4 members (excludes halogenated alkanes) is 10. The van der Waals surface area contributed by atoms with Crippen molar-refractivity contribution in [2.75, 3.05) is 18.0 Å². The maximum Gasteiger partial charge on any atom is 0.335 e. The zero-order valence-corrected chi connectivity index (χ0v) is 31.2. The number of fused-ring (bicyclic) bond motifs is 1. The Morgan fingerprint density at radius 2 is 1.35 bits per heavy atom. The first-order valence-corrected chi connectivity index (χ1v) is 19.3. The Bertz CT molecular complexity index is 1750. The molecule has 0 fully saturated rings. The lowest BCUT2D eigenvalue weighted by Gasteiger charge is -2.31. The minimum Gasteiger partial charge on any atom is -0.871 e. The summed E-state index contributed by atoms with van der Waals surface area (Å²) in [6.07, 6.45) is 17.0. The smallest absolute Gasteiger partial charge is 0.335 e. The molecule has 0 spiro atoms. The molecule has 2 aliphatic rings. The summed E-state index contributed by atoms with van der Waals surface area (Å²) in [5.74, 6) is -1.39. The van der Waals surface area contributed by atoms with Gasteiger partial charge in [-0.25, -0.2) is 4.79 Å². The van der Waals surface area contributed by atoms with E-state index in [2.05, 4.69) is 61.4 Å². The first-order chi connectivity index (χ1) is 24.7. The summed E-state index contributed by atoms with van der Waals surface area (Å²) in [6.45, 7) is 11.3. The van der Waals surface area contributed by atoms with Crippen LogP contribution < -0.4 is 10.0 Å². The molecule has 0 radical (unpaired) electrons. The molecule has 3 aromatic rings. The van der Waals surface area contributed by atoms with Gasteiger partial charge in [0.2, 0.25) is 5.69 Å². The Hall–Kier alpha value is -4.45. The number of ketones is 1. The topological polar surface area (TPSA) is 83.7 Å². The fourth-order valence-corrected chi connectivity index (χ4v) is 7.52. The van der Waals surface area contributed by atoms with E-state index in [1.54, 1.807) is 18.2 Å². The highest BCUT2D eigenvalue weighted by Gasteiger charge is 2.45. The number of benzene rings is 3. The molecule has 6 nitrogen and oxygen atoms in total. The van der Waals surface area contributed by atoms with E-state index >= 15 is 0 Å². The van der Waals surface area contributed by atoms with Crippen LogP contribution in [0.4, 0.5) is 11.4 Å². The molecule has 51 heavy (non-hydrogen) atoms. The van der Waals surface area contributed by atoms with Crippen LogP contribution in [-0.4, -0.2) is 40.2 Å². The normalized spacial score (nSPS) is 15.8. The van der Waals surface area contributed by atoms with Crippen LogP contribution in [0.3, 0.4) is 0 Å². The number of para-hydroxylation sites is 1. The van der Waals surface area contributed by atoms with E-state index in [4.69, 9.17) is 0 Å². The Balaban J connectivity index is 1.36. The minimum atomic E-state index is -0.964. The fourth-order valence-electron chi connectivity index (χ4n) is 7.52. The molecular weight excluding hydrogens is 633 g/mol. The molecule has 0 bridgehead atoms. The van der Waals surface area contributed by atoms with Gasteiger partial charge in [-0.2, -0.15) is 4.58 Å². The van der Waals surface area contributed by atoms with Crippen LogP contribution in [0.2, 0.25) is 0 Å². The molecule has 0 saturated heterocycles. The molecule has 1 N–H and O–H groups in total. The van der Waals surface area contributed by atoms with Gasteiger partial charge in [0.1, 0.15) is 0 Å². The summed E-state index contributed by atoms with van der Waals surface area (Å²) in [4.78, 5) is 27.6. The van der Waals surface area contributed by atoms with Crippen molar-refractivity contribution in [3.8, 4) is 0 Å². The minimum absolute atomic E-state index is 0.212. The Morgan fingerprint density at radius 1 is 0.784 bits per heavy atom. The van der Waals surface area contributed by atoms with Crippen LogP contribution in [0, 0.1) is 0 Å². The molecule has 270 valence electrons. The number of Topliss-reactive ketones (excluding diaryl/α,β-unsaturated/α-hetero) is 1. The molecule has 1 aliphatic carbocycles. The van der Waals surface area contributed by atoms with E-state index in [0.717, 1.165) is 41.3 Å². The molecule has 1 aliphatic heterocycles. The van der Waals surface area contributed by atoms with Gasteiger partial charge in [0.25, 0.3) is 0 Å². The molecule has 0 aromatic heterocycles. The Kier molecular flexibility index (Phi) is 13.1. The highest BCUT2D eigenvalue weighted by atomic mass is 16.4. The largest absolute Gasteiger partial charge is 0.871 e. The quantitative estimate of drug-likeness (QED) is 0.0726. The number of hydrogen-bond donors (Lipinski definition) is 1. The number of carbonyl (C=O) groups is 2. The fraction of sp³-hybridized carbons (Fsp3) is 0.444. The zero-order chi connectivity index (χ0) is 36.4. The van der Waals surface area contributed by atoms with Crippen LogP contribution in [0.25, 0.3) is 5.57 Å². The maximum absolute atomic E-state index is 13.7. The number of allylic oxidation sites excluding steroid dienone is 3. The first kappa shape index (κ1) is 37.8. The first-order valence-electron chi connectivity index (χ1n) is 19.3. The molecule has 0 amide bonds. The number of carboxylic acids is 1. The van der Waals surface area contributed by atoms with Crippen LogP contribution >= 0.6 is 0 Å². The van der Waals surface area contributed by atoms with Gasteiger partial charge in [0.15, 0.2) is 18.0 Å². The molecule has 3 aromatic carbocycles. The van der Waals surface area contributed by atoms with Crippen LogP contribution in [0.5, 0.6) is 0 Å². The van der Waals surface area contributed by atoms with Gasteiger partial charge in [-0.15, -0.1) is 0 Å². The molecule has 0 atom stereocenters. The summed E-state index contributed by atoms with van der Waals surface area (Å²) in [6, 6.07) is 23.1. The standard InChI is InChI=1S/C45H56N2O4/c1-5-7-9-11-13-17-29-46(30-18-14-12-10-8-6-2)36-27-25-34(26-28-36)41-42(48)37(43(41)49)31-40-45(3,4)38-19-15-16-20-39(38)47(40)32-33-21-23-35(24-22-33)44(50)51/h15-16,19-28,31H,5-14,17-18,29-30,32H2,1-4H3,(H-,48,49,50,51). The third-order valence-electron chi connectivity index (χ3n) is 10.6. The number of carboxylic acid groups (broad SMARTS) is 1. The summed E-state index contributed by atoms with van der Waals surface area (Å²) >= 11 is 0. The van der Waals surface area contributed by atoms with Crippen molar-refractivity contribution >= 4 is 34.4 Å². The lowest BCUT2D eigenvalue weighted by Crippen LogP contribution is -2.33. The highest BCUT2D eigenvalue weighted by molar-refractivity contribution is 6.40. The van der Waals surface area contributed by atoms with Crippen molar-refractivity contribution in [3.05, 3.63) is 112 Å². The average Bonchev–Trinajstić information content (AvgIpc) is 3.34. The van der Waals surface area contributed by atoms with Crippen molar-refractivity contribution in [1.82, 2.24) is 0 Å². The number of hydrogen-bond acceptors (Lipinski definition) is 4. The second-order valence-corrected chi connectivity index (χ2v) is 14.8. The summed E-state index contributed by atoms with van der Waals surface area (Å²) in [5.41, 5.74) is 6.03. The Labute approximate surface area is 305 Å². The second-order valence-electron chi connectivity index (χ2n) is 14.8. The van der Waals surface area contributed by atoms with Crippen molar-refractivity contribution in [2.24, 2.45) is 0 Å². The zero-order valence-electron chi connectivity index (χ0n) is 31.2. The van der Waals surface area contributed by atoms with E-state index in [1.165, 1.54) is 77.0 Å². The number of rotatable bonds is 20. The van der Waals surface area contributed by atoms with E-state index < -0.39 is 11.4 Å². The number of anilines is 1. The van der Waals surface area contributed by atoms with Crippen LogP contribution in [0.1, 0.15) is 132 Å². The van der Waals surface area contributed by atoms with Crippen molar-refractivity contribution in [2.45, 2.75) is 117 Å². The number of nitrogens with zero attached hydrogens (tertiary/aromatic N) is 2. The van der Waals surface area contributed by atoms with Gasteiger partial charge >= 0.3 is 5.97 Å². The van der Waals surface area contributed by atoms with Crippen molar-refractivity contribution in [1.29, 1.82) is 0 Å². The van der Waals surface area contributed by atoms with E-state index in [-0.39, 0.29) is 28.3 Å². The number of carbonyl (C=O) groups excluding carboxylic acids is 1. The van der Waals surface area contributed by atoms with Gasteiger partial charge in [-0.05, 0) is 56.5 Å². The van der Waals surface area contributed by atoms with Gasteiger partial charge in [-0.3, -0.25) is 4.79 Å². The average molecular weight is 689 g/mol. The molecule has 0 saturated carbocycles. The van der Waals surface area contributed by atoms with Gasteiger partial charge < -0.3 is 15.1 Å². The van der Waals surface area contributed by atoms with Crippen LogP contribution in [-0.2, 0) is 16.8 Å². The monoisotopic (exact) mass is 688 g/mol. The lowest BCUT2D eigenvalue weighted by molar-refractivity contribution is -0.455. The maximum atomic E-state index is 13.7. The SMILES string of the molecule is CCCCCCCCN(CCCCCCCC)c1ccc(C2=C([O-])/C(=C/C3=[N+](Cc4ccc(C(=O)O)cc4)c4ccccc4C3(C)C)C2=O)cc1. The summed E-state index contributed by atoms with van der Waals surface area (Å²) in [7, 11) is 0. The molecular formula is C45H56N2O4. The second kappa shape index (κ2) is 17.7. The predicted molar refractivity (Wildman–Crippen MR) is 207 cm³/mol. The van der Waals surface area contributed by atoms with Gasteiger partial charge in [-0.1, -0.05) is 126 Å². The van der Waals surface area contributed by atoms with Crippen molar-refractivity contribution < 1.29 is 24.4 Å². The van der Waals surface area contributed by atoms with E-state index in [1.807, 2.05) is 36.4 Å². The van der Waals surface area contributed by atoms with E-state index in [0.29, 0.717) is 12.1 Å². The van der Waals surface area contributed by atoms with Gasteiger partial charge in [0.05, 0.1) is 11.0 Å². The lowest BCUT2D eigenvalue weighted by atomic mass is 9.77. The molecule has 0 unspecified atom stereocenters. The van der Waals surface area contributed by atoms with Crippen molar-refractivity contribution in [3.63, 3.8) is 0 Å². The summed E-state index contributed by atoms with van der Waals surface area (Å²) < 4.78 is 2.15. The third-order valence-corrected chi connectivity index (χ3v) is 10.6. The van der Waals surface area contributed by atoms with Crippen LogP contribution in [0.15, 0.2) is 90.2 Å². The predicted octanol–water partition coefficient (Wildman–Crippen LogP) is 9.77. The molecule has 1 heterocycles.